The van der Waals surface area contributed by atoms with Crippen LogP contribution in [0.2, 0.25) is 0 Å². The maximum atomic E-state index is 12.1. The van der Waals surface area contributed by atoms with Gasteiger partial charge in [0.05, 0.1) is 12.5 Å². The molecule has 1 saturated carbocycles. The lowest BCUT2D eigenvalue weighted by atomic mass is 10.1. The molecule has 0 saturated heterocycles. The average Bonchev–Trinajstić information content (AvgIpc) is 3.22. The Kier molecular flexibility index (Phi) is 6.37. The van der Waals surface area contributed by atoms with Gasteiger partial charge >= 0.3 is 12.1 Å². The Balaban J connectivity index is 1.63. The van der Waals surface area contributed by atoms with E-state index in [-0.39, 0.29) is 30.7 Å². The van der Waals surface area contributed by atoms with E-state index in [1.54, 1.807) is 0 Å². The third-order valence-corrected chi connectivity index (χ3v) is 4.81. The fraction of sp³-hybridized carbons (Fsp3) is 0.524. The second-order valence-electron chi connectivity index (χ2n) is 7.33. The normalized spacial score (nSPS) is 14.6. The molecule has 1 aliphatic carbocycles. The summed E-state index contributed by atoms with van der Waals surface area (Å²) >= 11 is 0. The van der Waals surface area contributed by atoms with Gasteiger partial charge in [-0.05, 0) is 57.6 Å². The smallest absolute Gasteiger partial charge is 0.407 e. The number of fused-ring (bicyclic) bond motifs is 1. The van der Waals surface area contributed by atoms with E-state index < -0.39 is 0 Å². The van der Waals surface area contributed by atoms with Gasteiger partial charge in [0.1, 0.15) is 6.10 Å². The first-order valence-corrected chi connectivity index (χ1v) is 9.75. The van der Waals surface area contributed by atoms with Crippen molar-refractivity contribution in [1.29, 1.82) is 0 Å². The fourth-order valence-electron chi connectivity index (χ4n) is 3.63. The summed E-state index contributed by atoms with van der Waals surface area (Å²) in [6.45, 7) is 4.13. The number of amides is 1. The van der Waals surface area contributed by atoms with E-state index in [0.717, 1.165) is 47.8 Å². The van der Waals surface area contributed by atoms with Crippen molar-refractivity contribution in [2.75, 3.05) is 6.54 Å². The molecule has 2 aromatic rings. The molecule has 1 aliphatic rings. The number of hydrogen-bond donors (Lipinski definition) is 2. The first-order chi connectivity index (χ1) is 13.0. The number of esters is 1. The molecule has 0 bridgehead atoms. The molecular formula is C21H28N2O4. The molecule has 3 rings (SSSR count). The SMILES string of the molecule is CC(C)OC(=O)Cc1[nH]c2ccccc2c1CCNC(=O)OC1CCCC1. The number of aromatic amines is 1. The van der Waals surface area contributed by atoms with E-state index in [9.17, 15) is 9.59 Å². The second kappa shape index (κ2) is 8.93. The Labute approximate surface area is 159 Å². The number of ether oxygens (including phenoxy) is 2. The van der Waals surface area contributed by atoms with Crippen LogP contribution in [0.5, 0.6) is 0 Å². The van der Waals surface area contributed by atoms with Gasteiger partial charge in [0, 0.05) is 23.1 Å². The topological polar surface area (TPSA) is 80.4 Å². The monoisotopic (exact) mass is 372 g/mol. The fourth-order valence-corrected chi connectivity index (χ4v) is 3.63. The van der Waals surface area contributed by atoms with Crippen molar-refractivity contribution in [2.24, 2.45) is 0 Å². The van der Waals surface area contributed by atoms with Crippen LogP contribution in [0, 0.1) is 0 Å². The molecule has 0 aliphatic heterocycles. The van der Waals surface area contributed by atoms with Crippen LogP contribution in [-0.2, 0) is 27.1 Å². The van der Waals surface area contributed by atoms with Gasteiger partial charge in [-0.2, -0.15) is 0 Å². The van der Waals surface area contributed by atoms with E-state index in [1.165, 1.54) is 0 Å². The van der Waals surface area contributed by atoms with Gasteiger partial charge in [-0.1, -0.05) is 18.2 Å². The minimum absolute atomic E-state index is 0.0550. The van der Waals surface area contributed by atoms with Gasteiger partial charge in [-0.15, -0.1) is 0 Å². The first kappa shape index (κ1) is 19.3. The van der Waals surface area contributed by atoms with Crippen LogP contribution in [-0.4, -0.2) is 35.8 Å². The highest BCUT2D eigenvalue weighted by molar-refractivity contribution is 5.86. The van der Waals surface area contributed by atoms with E-state index in [0.29, 0.717) is 13.0 Å². The van der Waals surface area contributed by atoms with E-state index in [1.807, 2.05) is 38.1 Å². The summed E-state index contributed by atoms with van der Waals surface area (Å²) in [5, 5.41) is 3.90. The Hall–Kier alpha value is -2.50. The molecule has 1 aromatic carbocycles. The molecule has 6 heteroatoms. The quantitative estimate of drug-likeness (QED) is 0.723. The Bertz CT molecular complexity index is 791. The van der Waals surface area contributed by atoms with Gasteiger partial charge in [0.15, 0.2) is 0 Å². The van der Waals surface area contributed by atoms with Gasteiger partial charge < -0.3 is 19.8 Å². The minimum atomic E-state index is -0.359. The Morgan fingerprint density at radius 3 is 2.70 bits per heavy atom. The zero-order valence-electron chi connectivity index (χ0n) is 16.0. The zero-order valence-corrected chi connectivity index (χ0v) is 16.0. The van der Waals surface area contributed by atoms with Crippen LogP contribution >= 0.6 is 0 Å². The van der Waals surface area contributed by atoms with Crippen molar-refractivity contribution in [3.8, 4) is 0 Å². The zero-order chi connectivity index (χ0) is 19.2. The maximum Gasteiger partial charge on any atom is 0.407 e. The van der Waals surface area contributed by atoms with Crippen LogP contribution in [0.15, 0.2) is 24.3 Å². The molecule has 0 radical (unpaired) electrons. The molecule has 27 heavy (non-hydrogen) atoms. The summed E-state index contributed by atoms with van der Waals surface area (Å²) in [5.74, 6) is -0.258. The Morgan fingerprint density at radius 1 is 1.22 bits per heavy atom. The number of carbonyl (C=O) groups excluding carboxylic acids is 2. The highest BCUT2D eigenvalue weighted by Gasteiger charge is 2.20. The molecule has 1 aromatic heterocycles. The van der Waals surface area contributed by atoms with Gasteiger partial charge in [0.25, 0.3) is 0 Å². The summed E-state index contributed by atoms with van der Waals surface area (Å²) in [6, 6.07) is 7.93. The van der Waals surface area contributed by atoms with Crippen molar-refractivity contribution in [2.45, 2.75) is 64.6 Å². The number of rotatable bonds is 7. The van der Waals surface area contributed by atoms with Crippen molar-refractivity contribution >= 4 is 23.0 Å². The van der Waals surface area contributed by atoms with Crippen LogP contribution in [0.25, 0.3) is 10.9 Å². The maximum absolute atomic E-state index is 12.1. The van der Waals surface area contributed by atoms with E-state index >= 15 is 0 Å². The molecule has 1 amide bonds. The number of benzene rings is 1. The molecule has 2 N–H and O–H groups in total. The standard InChI is InChI=1S/C21H28N2O4/c1-14(2)26-20(24)13-19-17(16-9-5-6-10-18(16)23-19)11-12-22-21(25)27-15-7-3-4-8-15/h5-6,9-10,14-15,23H,3-4,7-8,11-13H2,1-2H3,(H,22,25). The predicted molar refractivity (Wildman–Crippen MR) is 104 cm³/mol. The van der Waals surface area contributed by atoms with Gasteiger partial charge in [0.2, 0.25) is 0 Å². The molecule has 0 atom stereocenters. The van der Waals surface area contributed by atoms with Crippen molar-refractivity contribution in [3.63, 3.8) is 0 Å². The van der Waals surface area contributed by atoms with E-state index in [4.69, 9.17) is 9.47 Å². The lowest BCUT2D eigenvalue weighted by Crippen LogP contribution is -2.29. The largest absolute Gasteiger partial charge is 0.463 e. The van der Waals surface area contributed by atoms with Gasteiger partial charge in [-0.25, -0.2) is 4.79 Å². The molecule has 0 spiro atoms. The van der Waals surface area contributed by atoms with Gasteiger partial charge in [-0.3, -0.25) is 4.79 Å². The number of carbonyl (C=O) groups is 2. The van der Waals surface area contributed by atoms with Crippen LogP contribution in [0.3, 0.4) is 0 Å². The van der Waals surface area contributed by atoms with E-state index in [2.05, 4.69) is 10.3 Å². The number of nitrogens with one attached hydrogen (secondary N) is 2. The third kappa shape index (κ3) is 5.25. The minimum Gasteiger partial charge on any atom is -0.463 e. The van der Waals surface area contributed by atoms with Crippen molar-refractivity contribution in [3.05, 3.63) is 35.5 Å². The number of para-hydroxylation sites is 1. The summed E-state index contributed by atoms with van der Waals surface area (Å²) in [5.41, 5.74) is 2.86. The molecule has 1 fully saturated rings. The van der Waals surface area contributed by atoms with Crippen LogP contribution in [0.1, 0.15) is 50.8 Å². The molecule has 0 unspecified atom stereocenters. The molecule has 146 valence electrons. The van der Waals surface area contributed by atoms with Crippen molar-refractivity contribution < 1.29 is 19.1 Å². The number of hydrogen-bond acceptors (Lipinski definition) is 4. The molecular weight excluding hydrogens is 344 g/mol. The summed E-state index contributed by atoms with van der Waals surface area (Å²) < 4.78 is 10.7. The van der Waals surface area contributed by atoms with Crippen molar-refractivity contribution in [1.82, 2.24) is 10.3 Å². The summed E-state index contributed by atoms with van der Waals surface area (Å²) in [4.78, 5) is 27.4. The van der Waals surface area contributed by atoms with Crippen LogP contribution in [0.4, 0.5) is 4.79 Å². The number of alkyl carbamates (subject to hydrolysis) is 1. The highest BCUT2D eigenvalue weighted by atomic mass is 16.6. The number of aromatic nitrogens is 1. The summed E-state index contributed by atoms with van der Waals surface area (Å²) in [7, 11) is 0. The highest BCUT2D eigenvalue weighted by Crippen LogP contribution is 2.24. The molecule has 1 heterocycles. The third-order valence-electron chi connectivity index (χ3n) is 4.81. The number of H-pyrrole nitrogens is 1. The Morgan fingerprint density at radius 2 is 1.96 bits per heavy atom. The lowest BCUT2D eigenvalue weighted by Gasteiger charge is -2.12. The lowest BCUT2D eigenvalue weighted by molar-refractivity contribution is -0.146. The summed E-state index contributed by atoms with van der Waals surface area (Å²) in [6.07, 6.45) is 4.53. The van der Waals surface area contributed by atoms with Crippen LogP contribution < -0.4 is 5.32 Å². The first-order valence-electron chi connectivity index (χ1n) is 9.75. The predicted octanol–water partition coefficient (Wildman–Crippen LogP) is 3.87. The average molecular weight is 372 g/mol. The molecule has 6 nitrogen and oxygen atoms in total. The second-order valence-corrected chi connectivity index (χ2v) is 7.33.